The lowest BCUT2D eigenvalue weighted by Gasteiger charge is -2.15. The maximum atomic E-state index is 6.28. The van der Waals surface area contributed by atoms with Gasteiger partial charge in [0.15, 0.2) is 0 Å². The first-order valence-corrected chi connectivity index (χ1v) is 9.86. The third-order valence-corrected chi connectivity index (χ3v) is 4.92. The van der Waals surface area contributed by atoms with Gasteiger partial charge in [-0.2, -0.15) is 0 Å². The van der Waals surface area contributed by atoms with Crippen molar-refractivity contribution >= 4 is 23.3 Å². The molecule has 0 bridgehead atoms. The molecule has 1 atom stereocenters. The van der Waals surface area contributed by atoms with Crippen LogP contribution in [0.25, 0.3) is 11.6 Å². The fourth-order valence-corrected chi connectivity index (χ4v) is 3.19. The van der Waals surface area contributed by atoms with Gasteiger partial charge in [-0.25, -0.2) is 9.97 Å². The van der Waals surface area contributed by atoms with E-state index in [1.807, 2.05) is 0 Å². The zero-order chi connectivity index (χ0) is 19.1. The summed E-state index contributed by atoms with van der Waals surface area (Å²) >= 11 is 6.28. The van der Waals surface area contributed by atoms with Crippen molar-refractivity contribution in [3.8, 4) is 0 Å². The molecule has 0 amide bonds. The Hall–Kier alpha value is -1.93. The van der Waals surface area contributed by atoms with Crippen LogP contribution in [0.2, 0.25) is 5.28 Å². The van der Waals surface area contributed by atoms with Crippen LogP contribution in [-0.4, -0.2) is 9.97 Å². The maximum Gasteiger partial charge on any atom is 0.223 e. The Kier molecular flexibility index (Phi) is 7.59. The molecule has 0 saturated heterocycles. The van der Waals surface area contributed by atoms with Crippen LogP contribution in [0.1, 0.15) is 68.6 Å². The van der Waals surface area contributed by atoms with Crippen molar-refractivity contribution in [2.24, 2.45) is 5.92 Å². The van der Waals surface area contributed by atoms with Crippen LogP contribution in [0.4, 0.5) is 0 Å². The van der Waals surface area contributed by atoms with E-state index in [1.165, 1.54) is 11.1 Å². The standard InChI is InChI=1S/C23H29ClN2/c1-6-11-18-12-9-10-13-20(18)19(8-3)22-17(5)21(25-23(24)26-22)15-14-16(4)7-2/h8-10,12-16H,6-7,11H2,1-5H3/b15-14-,19-8+. The molecule has 138 valence electrons. The van der Waals surface area contributed by atoms with E-state index < -0.39 is 0 Å². The maximum absolute atomic E-state index is 6.28. The van der Waals surface area contributed by atoms with E-state index in [9.17, 15) is 0 Å². The Balaban J connectivity index is 2.56. The van der Waals surface area contributed by atoms with E-state index >= 15 is 0 Å². The fraction of sp³-hybridized carbons (Fsp3) is 0.391. The molecule has 0 fully saturated rings. The Morgan fingerprint density at radius 3 is 2.58 bits per heavy atom. The minimum Gasteiger partial charge on any atom is -0.218 e. The lowest BCUT2D eigenvalue weighted by atomic mass is 9.92. The molecule has 1 aromatic carbocycles. The van der Waals surface area contributed by atoms with Gasteiger partial charge < -0.3 is 0 Å². The SMILES string of the molecule is C/C=C(\c1ccccc1CCC)c1nc(Cl)nc(/C=C\C(C)CC)c1C. The van der Waals surface area contributed by atoms with Gasteiger partial charge in [0.2, 0.25) is 5.28 Å². The predicted molar refractivity (Wildman–Crippen MR) is 113 cm³/mol. The summed E-state index contributed by atoms with van der Waals surface area (Å²) in [5, 5.41) is 0.293. The first-order valence-electron chi connectivity index (χ1n) is 9.49. The predicted octanol–water partition coefficient (Wildman–Crippen LogP) is 6.90. The normalized spacial score (nSPS) is 13.4. The van der Waals surface area contributed by atoms with Gasteiger partial charge in [-0.15, -0.1) is 0 Å². The zero-order valence-electron chi connectivity index (χ0n) is 16.5. The number of hydrogen-bond acceptors (Lipinski definition) is 2. The van der Waals surface area contributed by atoms with Crippen molar-refractivity contribution < 1.29 is 0 Å². The summed E-state index contributed by atoms with van der Waals surface area (Å²) in [4.78, 5) is 9.03. The molecule has 0 N–H and O–H groups in total. The minimum atomic E-state index is 0.293. The van der Waals surface area contributed by atoms with Crippen LogP contribution in [0, 0.1) is 12.8 Å². The highest BCUT2D eigenvalue weighted by molar-refractivity contribution is 6.28. The molecule has 2 rings (SSSR count). The molecule has 1 heterocycles. The van der Waals surface area contributed by atoms with E-state index in [4.69, 9.17) is 11.6 Å². The molecule has 0 aliphatic heterocycles. The highest BCUT2D eigenvalue weighted by atomic mass is 35.5. The van der Waals surface area contributed by atoms with Gasteiger partial charge in [-0.05, 0) is 55.0 Å². The Bertz CT molecular complexity index is 806. The van der Waals surface area contributed by atoms with Crippen LogP contribution < -0.4 is 0 Å². The summed E-state index contributed by atoms with van der Waals surface area (Å²) in [6.07, 6.45) is 9.65. The van der Waals surface area contributed by atoms with Crippen molar-refractivity contribution in [2.45, 2.75) is 53.9 Å². The van der Waals surface area contributed by atoms with Crippen LogP contribution in [0.5, 0.6) is 0 Å². The number of rotatable bonds is 7. The van der Waals surface area contributed by atoms with Crippen LogP contribution in [0.3, 0.4) is 0 Å². The van der Waals surface area contributed by atoms with Crippen LogP contribution in [-0.2, 0) is 6.42 Å². The second-order valence-electron chi connectivity index (χ2n) is 6.71. The zero-order valence-corrected chi connectivity index (χ0v) is 17.3. The number of aromatic nitrogens is 2. The number of aryl methyl sites for hydroxylation is 1. The van der Waals surface area contributed by atoms with Crippen molar-refractivity contribution in [1.29, 1.82) is 0 Å². The number of nitrogens with zero attached hydrogens (tertiary/aromatic N) is 2. The summed E-state index contributed by atoms with van der Waals surface area (Å²) < 4.78 is 0. The lowest BCUT2D eigenvalue weighted by Crippen LogP contribution is -2.03. The average molecular weight is 369 g/mol. The first kappa shape index (κ1) is 20.4. The smallest absolute Gasteiger partial charge is 0.218 e. The Morgan fingerprint density at radius 1 is 1.19 bits per heavy atom. The topological polar surface area (TPSA) is 25.8 Å². The number of halogens is 1. The molecule has 0 aliphatic rings. The van der Waals surface area contributed by atoms with E-state index in [2.05, 4.69) is 87.1 Å². The number of hydrogen-bond donors (Lipinski definition) is 0. The fourth-order valence-electron chi connectivity index (χ4n) is 3.01. The number of benzene rings is 1. The third kappa shape index (κ3) is 4.82. The monoisotopic (exact) mass is 368 g/mol. The van der Waals surface area contributed by atoms with Crippen LogP contribution in [0.15, 0.2) is 36.4 Å². The van der Waals surface area contributed by atoms with E-state index in [-0.39, 0.29) is 0 Å². The van der Waals surface area contributed by atoms with E-state index in [0.29, 0.717) is 11.2 Å². The Morgan fingerprint density at radius 2 is 1.92 bits per heavy atom. The van der Waals surface area contributed by atoms with Gasteiger partial charge in [0.1, 0.15) is 0 Å². The molecular formula is C23H29ClN2. The van der Waals surface area contributed by atoms with Gasteiger partial charge in [0.25, 0.3) is 0 Å². The molecule has 3 heteroatoms. The molecule has 1 aromatic heterocycles. The quantitative estimate of drug-likeness (QED) is 0.496. The summed E-state index contributed by atoms with van der Waals surface area (Å²) in [5.74, 6) is 0.512. The summed E-state index contributed by atoms with van der Waals surface area (Å²) in [6, 6.07) is 8.55. The average Bonchev–Trinajstić information content (AvgIpc) is 2.64. The Labute approximate surface area is 163 Å². The first-order chi connectivity index (χ1) is 12.5. The van der Waals surface area contributed by atoms with Gasteiger partial charge in [-0.3, -0.25) is 0 Å². The molecular weight excluding hydrogens is 340 g/mol. The van der Waals surface area contributed by atoms with Crippen molar-refractivity contribution in [3.63, 3.8) is 0 Å². The minimum absolute atomic E-state index is 0.293. The largest absolute Gasteiger partial charge is 0.223 e. The molecule has 0 radical (unpaired) electrons. The molecule has 0 aliphatic carbocycles. The van der Waals surface area contributed by atoms with Crippen molar-refractivity contribution in [2.75, 3.05) is 0 Å². The highest BCUT2D eigenvalue weighted by Crippen LogP contribution is 2.30. The van der Waals surface area contributed by atoms with Gasteiger partial charge in [0.05, 0.1) is 11.4 Å². The molecule has 0 saturated carbocycles. The summed E-state index contributed by atoms with van der Waals surface area (Å²) in [6.45, 7) is 10.7. The second kappa shape index (κ2) is 9.68. The highest BCUT2D eigenvalue weighted by Gasteiger charge is 2.16. The molecule has 2 aromatic rings. The van der Waals surface area contributed by atoms with Gasteiger partial charge in [-0.1, -0.05) is 70.0 Å². The van der Waals surface area contributed by atoms with Gasteiger partial charge >= 0.3 is 0 Å². The van der Waals surface area contributed by atoms with Crippen molar-refractivity contribution in [3.05, 3.63) is 69.8 Å². The van der Waals surface area contributed by atoms with E-state index in [0.717, 1.165) is 41.8 Å². The summed E-state index contributed by atoms with van der Waals surface area (Å²) in [7, 11) is 0. The van der Waals surface area contributed by atoms with Crippen molar-refractivity contribution in [1.82, 2.24) is 9.97 Å². The molecule has 2 nitrogen and oxygen atoms in total. The van der Waals surface area contributed by atoms with Gasteiger partial charge in [0, 0.05) is 11.1 Å². The molecule has 0 spiro atoms. The molecule has 26 heavy (non-hydrogen) atoms. The third-order valence-electron chi connectivity index (χ3n) is 4.75. The lowest BCUT2D eigenvalue weighted by molar-refractivity contribution is 0.701. The van der Waals surface area contributed by atoms with Crippen LogP contribution >= 0.6 is 11.6 Å². The summed E-state index contributed by atoms with van der Waals surface area (Å²) in [5.41, 5.74) is 6.57. The van der Waals surface area contributed by atoms with E-state index in [1.54, 1.807) is 0 Å². The second-order valence-corrected chi connectivity index (χ2v) is 7.04. The number of allylic oxidation sites excluding steroid dienone is 2. The molecule has 1 unspecified atom stereocenters.